The summed E-state index contributed by atoms with van der Waals surface area (Å²) >= 11 is 0. The van der Waals surface area contributed by atoms with Gasteiger partial charge in [0.25, 0.3) is 0 Å². The number of benzene rings is 1. The minimum absolute atomic E-state index is 0.0101. The van der Waals surface area contributed by atoms with E-state index in [0.717, 1.165) is 24.5 Å². The van der Waals surface area contributed by atoms with Gasteiger partial charge in [-0.3, -0.25) is 9.69 Å². The molecule has 6 nitrogen and oxygen atoms in total. The minimum atomic E-state index is -0.0101. The monoisotopic (exact) mass is 327 g/mol. The van der Waals surface area contributed by atoms with Crippen molar-refractivity contribution in [2.75, 3.05) is 25.0 Å². The van der Waals surface area contributed by atoms with E-state index in [9.17, 15) is 4.79 Å². The van der Waals surface area contributed by atoms with E-state index in [1.165, 1.54) is 18.4 Å². The van der Waals surface area contributed by atoms with E-state index in [1.807, 2.05) is 37.4 Å². The van der Waals surface area contributed by atoms with Crippen LogP contribution in [-0.4, -0.2) is 45.9 Å². The molecule has 0 aliphatic carbocycles. The number of likely N-dealkylation sites (N-methyl/N-ethyl adjacent to an activating group) is 1. The van der Waals surface area contributed by atoms with Crippen LogP contribution >= 0.6 is 0 Å². The summed E-state index contributed by atoms with van der Waals surface area (Å²) in [5, 5.41) is 8.39. The third-order valence-electron chi connectivity index (χ3n) is 4.77. The average Bonchev–Trinajstić information content (AvgIpc) is 3.26. The summed E-state index contributed by atoms with van der Waals surface area (Å²) in [7, 11) is 1.79. The first-order chi connectivity index (χ1) is 11.5. The molecule has 1 fully saturated rings. The molecular formula is C18H25N5O. The molecule has 2 heterocycles. The number of anilines is 1. The van der Waals surface area contributed by atoms with Crippen LogP contribution in [0.5, 0.6) is 0 Å². The Morgan fingerprint density at radius 1 is 1.25 bits per heavy atom. The van der Waals surface area contributed by atoms with Gasteiger partial charge >= 0.3 is 0 Å². The number of amides is 1. The van der Waals surface area contributed by atoms with Gasteiger partial charge < -0.3 is 4.90 Å². The molecule has 1 aromatic heterocycles. The van der Waals surface area contributed by atoms with Crippen LogP contribution in [0.15, 0.2) is 30.5 Å². The minimum Gasteiger partial charge on any atom is -0.314 e. The van der Waals surface area contributed by atoms with Crippen molar-refractivity contribution in [3.63, 3.8) is 0 Å². The Bertz CT molecular complexity index is 688. The maximum absolute atomic E-state index is 12.5. The summed E-state index contributed by atoms with van der Waals surface area (Å²) in [5.41, 5.74) is 3.00. The highest BCUT2D eigenvalue weighted by molar-refractivity contribution is 5.92. The molecule has 1 aromatic carbocycles. The first-order valence-electron chi connectivity index (χ1n) is 8.52. The van der Waals surface area contributed by atoms with Gasteiger partial charge in [0.05, 0.1) is 17.9 Å². The fraction of sp³-hybridized carbons (Fsp3) is 0.500. The lowest BCUT2D eigenvalue weighted by Gasteiger charge is -2.21. The van der Waals surface area contributed by atoms with E-state index in [-0.39, 0.29) is 18.5 Å². The molecule has 1 atom stereocenters. The Morgan fingerprint density at radius 2 is 1.92 bits per heavy atom. The maximum Gasteiger partial charge on any atom is 0.248 e. The Morgan fingerprint density at radius 3 is 2.58 bits per heavy atom. The molecule has 24 heavy (non-hydrogen) atoms. The lowest BCUT2D eigenvalue weighted by atomic mass is 10.2. The maximum atomic E-state index is 12.5. The SMILES string of the molecule is Cc1ccc(N(C)C(=O)Cn2cc(C(C)N3CCCC3)nn2)cc1. The lowest BCUT2D eigenvalue weighted by Crippen LogP contribution is -2.30. The van der Waals surface area contributed by atoms with Gasteiger partial charge in [-0.15, -0.1) is 5.10 Å². The van der Waals surface area contributed by atoms with Crippen molar-refractivity contribution in [2.24, 2.45) is 0 Å². The van der Waals surface area contributed by atoms with Crippen molar-refractivity contribution < 1.29 is 4.79 Å². The van der Waals surface area contributed by atoms with Gasteiger partial charge in [-0.25, -0.2) is 4.68 Å². The van der Waals surface area contributed by atoms with Gasteiger partial charge in [0, 0.05) is 12.7 Å². The second kappa shape index (κ2) is 7.13. The zero-order valence-electron chi connectivity index (χ0n) is 14.6. The number of aromatic nitrogens is 3. The van der Waals surface area contributed by atoms with Crippen LogP contribution in [0, 0.1) is 6.92 Å². The predicted molar refractivity (Wildman–Crippen MR) is 93.8 cm³/mol. The van der Waals surface area contributed by atoms with Crippen LogP contribution in [0.3, 0.4) is 0 Å². The molecule has 6 heteroatoms. The van der Waals surface area contributed by atoms with E-state index in [0.29, 0.717) is 0 Å². The molecule has 0 bridgehead atoms. The van der Waals surface area contributed by atoms with Gasteiger partial charge in [-0.2, -0.15) is 0 Å². The molecule has 1 aliphatic heterocycles. The first-order valence-corrected chi connectivity index (χ1v) is 8.52. The number of nitrogens with zero attached hydrogens (tertiary/aromatic N) is 5. The van der Waals surface area contributed by atoms with Gasteiger partial charge in [-0.1, -0.05) is 22.9 Å². The van der Waals surface area contributed by atoms with Crippen molar-refractivity contribution >= 4 is 11.6 Å². The standard InChI is InChI=1S/C18H25N5O/c1-14-6-8-16(9-7-14)21(3)18(24)13-23-12-17(19-20-23)15(2)22-10-4-5-11-22/h6-9,12,15H,4-5,10-11,13H2,1-3H3. The summed E-state index contributed by atoms with van der Waals surface area (Å²) in [5.74, 6) is -0.0101. The fourth-order valence-electron chi connectivity index (χ4n) is 3.06. The van der Waals surface area contributed by atoms with E-state index in [2.05, 4.69) is 22.1 Å². The number of carbonyl (C=O) groups excluding carboxylic acids is 1. The van der Waals surface area contributed by atoms with Gasteiger partial charge in [0.15, 0.2) is 0 Å². The quantitative estimate of drug-likeness (QED) is 0.846. The summed E-state index contributed by atoms with van der Waals surface area (Å²) < 4.78 is 1.63. The predicted octanol–water partition coefficient (Wildman–Crippen LogP) is 2.41. The molecular weight excluding hydrogens is 302 g/mol. The van der Waals surface area contributed by atoms with Gasteiger partial charge in [0.1, 0.15) is 6.54 Å². The van der Waals surface area contributed by atoms with Crippen LogP contribution in [0.25, 0.3) is 0 Å². The second-order valence-electron chi connectivity index (χ2n) is 6.55. The number of likely N-dealkylation sites (tertiary alicyclic amines) is 1. The molecule has 0 saturated carbocycles. The van der Waals surface area contributed by atoms with Crippen molar-refractivity contribution in [1.29, 1.82) is 0 Å². The lowest BCUT2D eigenvalue weighted by molar-refractivity contribution is -0.119. The number of carbonyl (C=O) groups is 1. The first kappa shape index (κ1) is 16.6. The van der Waals surface area contributed by atoms with E-state index in [4.69, 9.17) is 0 Å². The largest absolute Gasteiger partial charge is 0.314 e. The molecule has 1 saturated heterocycles. The summed E-state index contributed by atoms with van der Waals surface area (Å²) in [6.07, 6.45) is 4.39. The number of aryl methyl sites for hydroxylation is 1. The zero-order valence-corrected chi connectivity index (χ0v) is 14.6. The fourth-order valence-corrected chi connectivity index (χ4v) is 3.06. The van der Waals surface area contributed by atoms with Crippen molar-refractivity contribution in [1.82, 2.24) is 19.9 Å². The van der Waals surface area contributed by atoms with Crippen molar-refractivity contribution in [2.45, 2.75) is 39.3 Å². The topological polar surface area (TPSA) is 54.3 Å². The van der Waals surface area contributed by atoms with Crippen LogP contribution < -0.4 is 4.90 Å². The van der Waals surface area contributed by atoms with Crippen LogP contribution in [0.4, 0.5) is 5.69 Å². The third-order valence-corrected chi connectivity index (χ3v) is 4.77. The highest BCUT2D eigenvalue weighted by atomic mass is 16.2. The summed E-state index contributed by atoms with van der Waals surface area (Å²) in [4.78, 5) is 16.5. The molecule has 0 radical (unpaired) electrons. The Hall–Kier alpha value is -2.21. The number of rotatable bonds is 5. The van der Waals surface area contributed by atoms with Gasteiger partial charge in [0.2, 0.25) is 5.91 Å². The van der Waals surface area contributed by atoms with Crippen LogP contribution in [0.1, 0.15) is 37.1 Å². The Kier molecular flexibility index (Phi) is 4.94. The van der Waals surface area contributed by atoms with Gasteiger partial charge in [-0.05, 0) is 51.9 Å². The Labute approximate surface area is 143 Å². The van der Waals surface area contributed by atoms with Crippen molar-refractivity contribution in [3.8, 4) is 0 Å². The normalized spacial score (nSPS) is 16.3. The van der Waals surface area contributed by atoms with Crippen LogP contribution in [0.2, 0.25) is 0 Å². The second-order valence-corrected chi connectivity index (χ2v) is 6.55. The summed E-state index contributed by atoms with van der Waals surface area (Å²) in [6, 6.07) is 8.17. The highest BCUT2D eigenvalue weighted by Crippen LogP contribution is 2.22. The van der Waals surface area contributed by atoms with Crippen molar-refractivity contribution in [3.05, 3.63) is 41.7 Å². The summed E-state index contributed by atoms with van der Waals surface area (Å²) in [6.45, 7) is 6.61. The molecule has 2 aromatic rings. The highest BCUT2D eigenvalue weighted by Gasteiger charge is 2.22. The Balaban J connectivity index is 1.63. The van der Waals surface area contributed by atoms with Crippen LogP contribution in [-0.2, 0) is 11.3 Å². The average molecular weight is 327 g/mol. The molecule has 3 rings (SSSR count). The number of hydrogen-bond donors (Lipinski definition) is 0. The molecule has 1 amide bonds. The molecule has 1 aliphatic rings. The van der Waals surface area contributed by atoms with E-state index >= 15 is 0 Å². The zero-order chi connectivity index (χ0) is 17.1. The number of hydrogen-bond acceptors (Lipinski definition) is 4. The third kappa shape index (κ3) is 3.64. The molecule has 0 N–H and O–H groups in total. The van der Waals surface area contributed by atoms with E-state index in [1.54, 1.807) is 16.6 Å². The smallest absolute Gasteiger partial charge is 0.248 e. The molecule has 0 spiro atoms. The van der Waals surface area contributed by atoms with E-state index < -0.39 is 0 Å². The molecule has 128 valence electrons. The molecule has 1 unspecified atom stereocenters.